The lowest BCUT2D eigenvalue weighted by molar-refractivity contribution is 0.173. The van der Waals surface area contributed by atoms with Crippen LogP contribution in [0.3, 0.4) is 0 Å². The first-order valence-corrected chi connectivity index (χ1v) is 9.03. The van der Waals surface area contributed by atoms with Crippen molar-refractivity contribution in [2.75, 3.05) is 19.0 Å². The minimum absolute atomic E-state index is 0.283. The molecule has 1 aromatic carbocycles. The molecule has 0 amide bonds. The van der Waals surface area contributed by atoms with Crippen LogP contribution in [0, 0.1) is 0 Å². The van der Waals surface area contributed by atoms with E-state index in [1.54, 1.807) is 0 Å². The molecule has 1 fully saturated rings. The second-order valence-electron chi connectivity index (χ2n) is 6.95. The quantitative estimate of drug-likeness (QED) is 0.823. The van der Waals surface area contributed by atoms with Crippen LogP contribution in [0.25, 0.3) is 0 Å². The molecule has 0 bridgehead atoms. The summed E-state index contributed by atoms with van der Waals surface area (Å²) in [5, 5.41) is 14.0. The Kier molecular flexibility index (Phi) is 5.76. The Bertz CT molecular complexity index is 731. The van der Waals surface area contributed by atoms with Crippen LogP contribution in [0.2, 0.25) is 0 Å². The van der Waals surface area contributed by atoms with E-state index in [1.807, 2.05) is 37.2 Å². The number of benzene rings is 1. The molecular formula is C20H28N4O. The summed E-state index contributed by atoms with van der Waals surface area (Å²) in [5.74, 6) is 0.736. The Labute approximate surface area is 149 Å². The number of aromatic nitrogens is 1. The summed E-state index contributed by atoms with van der Waals surface area (Å²) in [6, 6.07) is 17.1. The molecule has 0 saturated heterocycles. The summed E-state index contributed by atoms with van der Waals surface area (Å²) in [6.07, 6.45) is 4.36. The summed E-state index contributed by atoms with van der Waals surface area (Å²) >= 11 is 0. The van der Waals surface area contributed by atoms with Gasteiger partial charge < -0.3 is 15.4 Å². The predicted molar refractivity (Wildman–Crippen MR) is 101 cm³/mol. The van der Waals surface area contributed by atoms with E-state index in [4.69, 9.17) is 4.99 Å². The summed E-state index contributed by atoms with van der Waals surface area (Å²) in [7, 11) is 3.82. The van der Waals surface area contributed by atoms with Gasteiger partial charge in [0, 0.05) is 26.7 Å². The van der Waals surface area contributed by atoms with Gasteiger partial charge in [-0.25, -0.2) is 0 Å². The zero-order valence-corrected chi connectivity index (χ0v) is 15.1. The van der Waals surface area contributed by atoms with Crippen molar-refractivity contribution in [3.05, 3.63) is 59.6 Å². The van der Waals surface area contributed by atoms with Gasteiger partial charge in [0.05, 0.1) is 6.04 Å². The molecule has 25 heavy (non-hydrogen) atoms. The highest BCUT2D eigenvalue weighted by atomic mass is 16.5. The third kappa shape index (κ3) is 4.63. The molecule has 0 aliphatic heterocycles. The molecule has 1 aliphatic rings. The number of rotatable bonds is 5. The second-order valence-corrected chi connectivity index (χ2v) is 6.95. The van der Waals surface area contributed by atoms with Crippen molar-refractivity contribution in [1.29, 1.82) is 0 Å². The maximum absolute atomic E-state index is 10.3. The number of pyridine rings is 1. The van der Waals surface area contributed by atoms with Gasteiger partial charge in [-0.15, -0.1) is 0 Å². The minimum Gasteiger partial charge on any atom is -0.425 e. The van der Waals surface area contributed by atoms with E-state index in [2.05, 4.69) is 35.6 Å². The number of nitrogens with one attached hydrogen (secondary N) is 1. The van der Waals surface area contributed by atoms with Gasteiger partial charge in [0.1, 0.15) is 5.82 Å². The minimum atomic E-state index is 0.283. The first-order chi connectivity index (χ1) is 12.1. The molecule has 0 unspecified atom stereocenters. The molecule has 1 saturated carbocycles. The Morgan fingerprint density at radius 3 is 2.44 bits per heavy atom. The normalized spacial score (nSPS) is 21.3. The Morgan fingerprint density at radius 2 is 1.76 bits per heavy atom. The molecule has 0 spiro atoms. The zero-order chi connectivity index (χ0) is 17.6. The van der Waals surface area contributed by atoms with Crippen LogP contribution in [-0.4, -0.2) is 36.1 Å². The van der Waals surface area contributed by atoms with Gasteiger partial charge in [-0.3, -0.25) is 4.99 Å². The topological polar surface area (TPSA) is 52.8 Å². The van der Waals surface area contributed by atoms with E-state index >= 15 is 0 Å². The number of hydrogen-bond acceptors (Lipinski definition) is 4. The van der Waals surface area contributed by atoms with E-state index in [-0.39, 0.29) is 6.04 Å². The SMILES string of the molecule is CN(C)c1cccc(=NC2CCC(NCc3ccccc3)CC2)n1O. The number of hydrogen-bond donors (Lipinski definition) is 2. The molecule has 5 nitrogen and oxygen atoms in total. The van der Waals surface area contributed by atoms with Gasteiger partial charge >= 0.3 is 0 Å². The molecule has 0 radical (unpaired) electrons. The predicted octanol–water partition coefficient (Wildman–Crippen LogP) is 2.79. The van der Waals surface area contributed by atoms with Gasteiger partial charge in [-0.2, -0.15) is 4.73 Å². The average molecular weight is 340 g/mol. The fourth-order valence-corrected chi connectivity index (χ4v) is 3.37. The van der Waals surface area contributed by atoms with Crippen LogP contribution in [-0.2, 0) is 6.54 Å². The van der Waals surface area contributed by atoms with E-state index in [9.17, 15) is 5.21 Å². The molecule has 5 heteroatoms. The molecule has 1 heterocycles. The number of anilines is 1. The van der Waals surface area contributed by atoms with Crippen molar-refractivity contribution < 1.29 is 5.21 Å². The van der Waals surface area contributed by atoms with Gasteiger partial charge in [-0.05, 0) is 43.4 Å². The lowest BCUT2D eigenvalue weighted by atomic mass is 9.91. The third-order valence-corrected chi connectivity index (χ3v) is 4.83. The average Bonchev–Trinajstić information content (AvgIpc) is 2.63. The summed E-state index contributed by atoms with van der Waals surface area (Å²) in [5.41, 5.74) is 1.96. The first kappa shape index (κ1) is 17.5. The zero-order valence-electron chi connectivity index (χ0n) is 15.1. The largest absolute Gasteiger partial charge is 0.425 e. The Hall–Kier alpha value is -2.27. The van der Waals surface area contributed by atoms with Crippen LogP contribution < -0.4 is 15.7 Å². The summed E-state index contributed by atoms with van der Waals surface area (Å²) in [6.45, 7) is 0.925. The monoisotopic (exact) mass is 340 g/mol. The van der Waals surface area contributed by atoms with Crippen LogP contribution in [0.15, 0.2) is 53.5 Å². The molecule has 2 aromatic rings. The highest BCUT2D eigenvalue weighted by Gasteiger charge is 2.20. The van der Waals surface area contributed by atoms with Gasteiger partial charge in [0.15, 0.2) is 5.49 Å². The first-order valence-electron chi connectivity index (χ1n) is 9.03. The maximum atomic E-state index is 10.3. The van der Waals surface area contributed by atoms with Crippen molar-refractivity contribution in [2.24, 2.45) is 4.99 Å². The summed E-state index contributed by atoms with van der Waals surface area (Å²) < 4.78 is 1.18. The van der Waals surface area contributed by atoms with Crippen molar-refractivity contribution in [1.82, 2.24) is 10.0 Å². The van der Waals surface area contributed by atoms with Crippen molar-refractivity contribution in [3.8, 4) is 0 Å². The van der Waals surface area contributed by atoms with Crippen LogP contribution in [0.1, 0.15) is 31.2 Å². The van der Waals surface area contributed by atoms with Gasteiger partial charge in [0.25, 0.3) is 0 Å². The summed E-state index contributed by atoms with van der Waals surface area (Å²) in [4.78, 5) is 6.65. The van der Waals surface area contributed by atoms with Crippen molar-refractivity contribution in [2.45, 2.75) is 44.3 Å². The molecular weight excluding hydrogens is 312 g/mol. The maximum Gasteiger partial charge on any atom is 0.166 e. The molecule has 1 aromatic heterocycles. The molecule has 0 atom stereocenters. The molecule has 1 aliphatic carbocycles. The van der Waals surface area contributed by atoms with Gasteiger partial charge in [-0.1, -0.05) is 36.4 Å². The smallest absolute Gasteiger partial charge is 0.166 e. The molecule has 134 valence electrons. The third-order valence-electron chi connectivity index (χ3n) is 4.83. The standard InChI is InChI=1S/C20H28N4O/c1-23(2)20-10-6-9-19(24(20)25)22-18-13-11-17(12-14-18)21-15-16-7-4-3-5-8-16/h3-10,17-18,21,25H,11-15H2,1-2H3. The highest BCUT2D eigenvalue weighted by Crippen LogP contribution is 2.21. The number of nitrogens with zero attached hydrogens (tertiary/aromatic N) is 3. The Morgan fingerprint density at radius 1 is 1.04 bits per heavy atom. The van der Waals surface area contributed by atoms with E-state index in [1.165, 1.54) is 10.3 Å². The molecule has 3 rings (SSSR count). The second kappa shape index (κ2) is 8.21. The highest BCUT2D eigenvalue weighted by molar-refractivity contribution is 5.36. The Balaban J connectivity index is 1.57. The van der Waals surface area contributed by atoms with Crippen LogP contribution in [0.4, 0.5) is 5.82 Å². The lowest BCUT2D eigenvalue weighted by Crippen LogP contribution is -2.35. The van der Waals surface area contributed by atoms with Crippen LogP contribution in [0.5, 0.6) is 0 Å². The fourth-order valence-electron chi connectivity index (χ4n) is 3.37. The van der Waals surface area contributed by atoms with Crippen LogP contribution >= 0.6 is 0 Å². The van der Waals surface area contributed by atoms with Crippen molar-refractivity contribution >= 4 is 5.82 Å². The van der Waals surface area contributed by atoms with E-state index in [0.29, 0.717) is 11.5 Å². The fraction of sp³-hybridized carbons (Fsp3) is 0.450. The lowest BCUT2D eigenvalue weighted by Gasteiger charge is -2.27. The van der Waals surface area contributed by atoms with Crippen molar-refractivity contribution in [3.63, 3.8) is 0 Å². The van der Waals surface area contributed by atoms with E-state index in [0.717, 1.165) is 38.0 Å². The van der Waals surface area contributed by atoms with E-state index < -0.39 is 0 Å². The molecule has 2 N–H and O–H groups in total. The van der Waals surface area contributed by atoms with Gasteiger partial charge in [0.2, 0.25) is 0 Å².